The number of fused-ring (bicyclic) bond motifs is 1. The van der Waals surface area contributed by atoms with Crippen LogP contribution in [0.3, 0.4) is 0 Å². The van der Waals surface area contributed by atoms with E-state index in [-0.39, 0.29) is 52.4 Å². The Labute approximate surface area is 217 Å². The lowest BCUT2D eigenvalue weighted by molar-refractivity contribution is -0.123. The molecule has 2 fully saturated rings. The maximum Gasteiger partial charge on any atom is 0.333 e. The number of halogens is 1. The smallest absolute Gasteiger partial charge is 0.333 e. The fraction of sp³-hybridized carbons (Fsp3) is 0.481. The molecular formula is C27H31FN4O4S. The average molecular weight is 527 g/mol. The van der Waals surface area contributed by atoms with E-state index in [1.54, 1.807) is 28.8 Å². The molecule has 0 radical (unpaired) electrons. The zero-order valence-electron chi connectivity index (χ0n) is 20.7. The molecule has 1 aliphatic heterocycles. The van der Waals surface area contributed by atoms with Gasteiger partial charge in [-0.25, -0.2) is 14.2 Å². The molecular weight excluding hydrogens is 495 g/mol. The van der Waals surface area contributed by atoms with E-state index < -0.39 is 11.4 Å². The van der Waals surface area contributed by atoms with E-state index >= 15 is 0 Å². The van der Waals surface area contributed by atoms with Crippen LogP contribution >= 0.6 is 11.8 Å². The van der Waals surface area contributed by atoms with E-state index in [9.17, 15) is 23.9 Å². The van der Waals surface area contributed by atoms with Crippen molar-refractivity contribution in [1.82, 2.24) is 19.4 Å². The zero-order valence-corrected chi connectivity index (χ0v) is 21.5. The van der Waals surface area contributed by atoms with Crippen LogP contribution in [0.5, 0.6) is 5.75 Å². The third-order valence-corrected chi connectivity index (χ3v) is 8.72. The molecule has 3 aromatic rings. The number of carbonyl (C=O) groups is 1. The number of amides is 1. The van der Waals surface area contributed by atoms with Gasteiger partial charge in [-0.1, -0.05) is 12.1 Å². The van der Waals surface area contributed by atoms with Crippen molar-refractivity contribution in [3.8, 4) is 5.75 Å². The molecule has 5 rings (SSSR count). The first-order valence-corrected chi connectivity index (χ1v) is 14.0. The fourth-order valence-corrected chi connectivity index (χ4v) is 6.60. The number of carbonyl (C=O) groups excluding carboxylic acids is 1. The van der Waals surface area contributed by atoms with Gasteiger partial charge in [-0.05, 0) is 80.7 Å². The molecule has 1 aliphatic carbocycles. The van der Waals surface area contributed by atoms with Gasteiger partial charge in [0.15, 0.2) is 0 Å². The van der Waals surface area contributed by atoms with E-state index in [1.165, 1.54) is 10.6 Å². The molecule has 0 bridgehead atoms. The highest BCUT2D eigenvalue weighted by Gasteiger charge is 2.30. The van der Waals surface area contributed by atoms with E-state index in [4.69, 9.17) is 0 Å². The number of nitrogens with one attached hydrogen (secondary N) is 1. The molecule has 2 N–H and O–H groups in total. The average Bonchev–Trinajstić information content (AvgIpc) is 2.91. The lowest BCUT2D eigenvalue weighted by atomic mass is 9.90. The highest BCUT2D eigenvalue weighted by Crippen LogP contribution is 2.30. The number of aromatic hydroxyl groups is 1. The Kier molecular flexibility index (Phi) is 7.37. The predicted octanol–water partition coefficient (Wildman–Crippen LogP) is 3.87. The molecule has 37 heavy (non-hydrogen) atoms. The summed E-state index contributed by atoms with van der Waals surface area (Å²) >= 11 is 1.84. The van der Waals surface area contributed by atoms with Crippen LogP contribution in [0, 0.1) is 5.82 Å². The second-order valence-electron chi connectivity index (χ2n) is 10.0. The van der Waals surface area contributed by atoms with Crippen LogP contribution in [0.15, 0.2) is 46.1 Å². The number of phenols is 1. The van der Waals surface area contributed by atoms with Crippen LogP contribution in [0.1, 0.15) is 69.0 Å². The number of pyridine rings is 1. The second kappa shape index (κ2) is 10.7. The van der Waals surface area contributed by atoms with Crippen LogP contribution < -0.4 is 16.6 Å². The van der Waals surface area contributed by atoms with Crippen molar-refractivity contribution in [1.29, 1.82) is 0 Å². The summed E-state index contributed by atoms with van der Waals surface area (Å²) in [6.45, 7) is 1.82. The summed E-state index contributed by atoms with van der Waals surface area (Å²) in [5, 5.41) is 12.7. The Balaban J connectivity index is 1.36. The van der Waals surface area contributed by atoms with Gasteiger partial charge in [-0.3, -0.25) is 18.7 Å². The van der Waals surface area contributed by atoms with Gasteiger partial charge in [0.25, 0.3) is 5.56 Å². The van der Waals surface area contributed by atoms with Crippen molar-refractivity contribution in [2.45, 2.75) is 69.5 Å². The molecule has 10 heteroatoms. The minimum atomic E-state index is -0.602. The molecule has 1 amide bonds. The minimum absolute atomic E-state index is 0.0591. The van der Waals surface area contributed by atoms with Crippen molar-refractivity contribution in [3.05, 3.63) is 68.7 Å². The Morgan fingerprint density at radius 3 is 2.38 bits per heavy atom. The van der Waals surface area contributed by atoms with E-state index in [0.29, 0.717) is 25.7 Å². The number of nitrogens with zero attached hydrogens (tertiary/aromatic N) is 3. The summed E-state index contributed by atoms with van der Waals surface area (Å²) in [5.41, 5.74) is 0.201. The number of hydrogen-bond donors (Lipinski definition) is 2. The first-order valence-electron chi connectivity index (χ1n) is 12.8. The molecule has 1 saturated heterocycles. The summed E-state index contributed by atoms with van der Waals surface area (Å²) < 4.78 is 17.0. The van der Waals surface area contributed by atoms with Gasteiger partial charge >= 0.3 is 5.69 Å². The van der Waals surface area contributed by atoms with Gasteiger partial charge in [-0.2, -0.15) is 11.8 Å². The molecule has 0 spiro atoms. The number of phenolic OH excluding ortho intramolecular Hbond substituents is 1. The third-order valence-electron chi connectivity index (χ3n) is 7.67. The molecule has 1 aromatic carbocycles. The Hall–Kier alpha value is -3.14. The summed E-state index contributed by atoms with van der Waals surface area (Å²) in [7, 11) is 0. The Morgan fingerprint density at radius 1 is 1.05 bits per heavy atom. The Bertz CT molecular complexity index is 1410. The SMILES string of the molecule is CC(C(=O)N[C@H]1CC[C@@H](n2c(=O)c3cc(F)cnc3n(C3CCSCC3)c2=O)CC1)c1ccc(O)cc1. The van der Waals surface area contributed by atoms with Crippen LogP contribution in [0.25, 0.3) is 11.0 Å². The molecule has 1 atom stereocenters. The largest absolute Gasteiger partial charge is 0.508 e. The van der Waals surface area contributed by atoms with Crippen molar-refractivity contribution < 1.29 is 14.3 Å². The maximum atomic E-state index is 14.1. The summed E-state index contributed by atoms with van der Waals surface area (Å²) in [5.74, 6) is 0.924. The first-order chi connectivity index (χ1) is 17.8. The summed E-state index contributed by atoms with van der Waals surface area (Å²) in [6, 6.07) is 7.32. The first kappa shape index (κ1) is 25.5. The van der Waals surface area contributed by atoms with E-state index in [2.05, 4.69) is 10.3 Å². The van der Waals surface area contributed by atoms with Crippen LogP contribution in [0.4, 0.5) is 4.39 Å². The van der Waals surface area contributed by atoms with Gasteiger partial charge in [0, 0.05) is 18.1 Å². The van der Waals surface area contributed by atoms with Gasteiger partial charge in [0.1, 0.15) is 17.2 Å². The minimum Gasteiger partial charge on any atom is -0.508 e. The molecule has 1 unspecified atom stereocenters. The fourth-order valence-electron chi connectivity index (χ4n) is 5.52. The normalized spacial score (nSPS) is 21.6. The van der Waals surface area contributed by atoms with Crippen molar-refractivity contribution in [2.75, 3.05) is 11.5 Å². The summed E-state index contributed by atoms with van der Waals surface area (Å²) in [6.07, 6.45) is 5.04. The number of thioether (sulfide) groups is 1. The van der Waals surface area contributed by atoms with E-state index in [1.807, 2.05) is 18.7 Å². The van der Waals surface area contributed by atoms with Crippen molar-refractivity contribution in [3.63, 3.8) is 0 Å². The quantitative estimate of drug-likeness (QED) is 0.523. The highest BCUT2D eigenvalue weighted by atomic mass is 32.2. The van der Waals surface area contributed by atoms with Crippen LogP contribution in [0.2, 0.25) is 0 Å². The van der Waals surface area contributed by atoms with Crippen molar-refractivity contribution in [2.24, 2.45) is 0 Å². The topological polar surface area (TPSA) is 106 Å². The number of benzene rings is 1. The molecule has 2 aliphatic rings. The van der Waals surface area contributed by atoms with Crippen molar-refractivity contribution >= 4 is 28.7 Å². The molecule has 3 heterocycles. The number of aromatic nitrogens is 3. The van der Waals surface area contributed by atoms with E-state index in [0.717, 1.165) is 36.1 Å². The number of rotatable bonds is 5. The molecule has 2 aromatic heterocycles. The zero-order chi connectivity index (χ0) is 26.1. The Morgan fingerprint density at radius 2 is 1.70 bits per heavy atom. The van der Waals surface area contributed by atoms with Crippen LogP contribution in [-0.4, -0.2) is 42.7 Å². The summed E-state index contributed by atoms with van der Waals surface area (Å²) in [4.78, 5) is 44.1. The number of hydrogen-bond acceptors (Lipinski definition) is 6. The molecule has 8 nitrogen and oxygen atoms in total. The van der Waals surface area contributed by atoms with Gasteiger partial charge in [-0.15, -0.1) is 0 Å². The molecule has 1 saturated carbocycles. The lowest BCUT2D eigenvalue weighted by Gasteiger charge is -2.32. The third kappa shape index (κ3) is 5.16. The van der Waals surface area contributed by atoms with Gasteiger partial charge in [0.2, 0.25) is 5.91 Å². The highest BCUT2D eigenvalue weighted by molar-refractivity contribution is 7.99. The molecule has 196 valence electrons. The lowest BCUT2D eigenvalue weighted by Crippen LogP contribution is -2.47. The standard InChI is InChI=1S/C27H31FN4O4S/c1-16(17-2-8-22(33)9-3-17)25(34)30-19-4-6-20(7-5-19)32-26(35)23-14-18(28)15-29-24(23)31(27(32)36)21-10-12-37-13-11-21/h2-3,8-9,14-16,19-21,33H,4-7,10-13H2,1H3,(H,30,34)/t16?,19-,20+. The predicted molar refractivity (Wildman–Crippen MR) is 142 cm³/mol. The van der Waals surface area contributed by atoms with Gasteiger partial charge in [0.05, 0.1) is 17.5 Å². The monoisotopic (exact) mass is 526 g/mol. The second-order valence-corrected chi connectivity index (χ2v) is 11.2. The maximum absolute atomic E-state index is 14.1. The van der Waals surface area contributed by atoms with Gasteiger partial charge < -0.3 is 10.4 Å². The van der Waals surface area contributed by atoms with Crippen LogP contribution in [-0.2, 0) is 4.79 Å².